The van der Waals surface area contributed by atoms with Gasteiger partial charge in [0.15, 0.2) is 0 Å². The Kier molecular flexibility index (Phi) is 8.11. The molecule has 1 rings (SSSR count). The fraction of sp³-hybridized carbons (Fsp3) is 0.938. The fourth-order valence-electron chi connectivity index (χ4n) is 2.87. The molecule has 0 N–H and O–H groups in total. The molecule has 0 aromatic rings. The second-order valence-electron chi connectivity index (χ2n) is 5.80. The molecule has 18 heavy (non-hydrogen) atoms. The summed E-state index contributed by atoms with van der Waals surface area (Å²) < 4.78 is 0. The van der Waals surface area contributed by atoms with E-state index in [2.05, 4.69) is 18.7 Å². The molecule has 2 heteroatoms. The van der Waals surface area contributed by atoms with E-state index in [0.29, 0.717) is 11.8 Å². The lowest BCUT2D eigenvalue weighted by Gasteiger charge is -2.21. The van der Waals surface area contributed by atoms with E-state index in [1.165, 1.54) is 57.8 Å². The largest absolute Gasteiger partial charge is 0.343 e. The fourth-order valence-corrected chi connectivity index (χ4v) is 2.87. The number of carbonyl (C=O) groups excluding carboxylic acids is 1. The quantitative estimate of drug-likeness (QED) is 0.558. The van der Waals surface area contributed by atoms with Crippen LogP contribution in [0.2, 0.25) is 0 Å². The minimum absolute atomic E-state index is 0.421. The second-order valence-corrected chi connectivity index (χ2v) is 5.80. The van der Waals surface area contributed by atoms with E-state index in [9.17, 15) is 4.79 Å². The van der Waals surface area contributed by atoms with Gasteiger partial charge >= 0.3 is 0 Å². The molecule has 1 saturated heterocycles. The van der Waals surface area contributed by atoms with Crippen LogP contribution in [-0.4, -0.2) is 23.9 Å². The van der Waals surface area contributed by atoms with E-state index in [-0.39, 0.29) is 0 Å². The SMILES string of the molecule is CCCCCC(CCCC)CC(=O)N1CCCC1. The van der Waals surface area contributed by atoms with Crippen LogP contribution in [0.3, 0.4) is 0 Å². The Morgan fingerprint density at radius 1 is 1.00 bits per heavy atom. The van der Waals surface area contributed by atoms with Gasteiger partial charge in [0.2, 0.25) is 5.91 Å². The summed E-state index contributed by atoms with van der Waals surface area (Å²) in [5, 5.41) is 0. The molecule has 0 saturated carbocycles. The first kappa shape index (κ1) is 15.5. The van der Waals surface area contributed by atoms with E-state index in [1.807, 2.05) is 0 Å². The average Bonchev–Trinajstić information content (AvgIpc) is 2.89. The van der Waals surface area contributed by atoms with Crippen molar-refractivity contribution in [3.63, 3.8) is 0 Å². The van der Waals surface area contributed by atoms with Crippen LogP contribution in [0.1, 0.15) is 78.1 Å². The maximum atomic E-state index is 12.2. The number of likely N-dealkylation sites (tertiary alicyclic amines) is 1. The summed E-state index contributed by atoms with van der Waals surface area (Å²) in [6.07, 6.45) is 12.2. The monoisotopic (exact) mass is 253 g/mol. The molecule has 1 fully saturated rings. The van der Waals surface area contributed by atoms with Crippen LogP contribution in [0, 0.1) is 5.92 Å². The topological polar surface area (TPSA) is 20.3 Å². The average molecular weight is 253 g/mol. The van der Waals surface area contributed by atoms with Crippen molar-refractivity contribution in [3.8, 4) is 0 Å². The van der Waals surface area contributed by atoms with Crippen molar-refractivity contribution < 1.29 is 4.79 Å². The van der Waals surface area contributed by atoms with Crippen molar-refractivity contribution in [2.45, 2.75) is 78.1 Å². The minimum Gasteiger partial charge on any atom is -0.343 e. The van der Waals surface area contributed by atoms with E-state index < -0.39 is 0 Å². The molecule has 1 unspecified atom stereocenters. The summed E-state index contributed by atoms with van der Waals surface area (Å²) in [5.41, 5.74) is 0. The van der Waals surface area contributed by atoms with Crippen molar-refractivity contribution in [1.29, 1.82) is 0 Å². The standard InChI is InChI=1S/C16H31NO/c1-3-5-7-11-15(10-6-4-2)14-16(18)17-12-8-9-13-17/h15H,3-14H2,1-2H3. The van der Waals surface area contributed by atoms with Crippen LogP contribution in [0.5, 0.6) is 0 Å². The van der Waals surface area contributed by atoms with Gasteiger partial charge in [-0.05, 0) is 31.6 Å². The van der Waals surface area contributed by atoms with Crippen LogP contribution in [0.4, 0.5) is 0 Å². The van der Waals surface area contributed by atoms with E-state index in [0.717, 1.165) is 19.5 Å². The Bertz CT molecular complexity index is 221. The van der Waals surface area contributed by atoms with Gasteiger partial charge < -0.3 is 4.90 Å². The number of amides is 1. The van der Waals surface area contributed by atoms with Crippen LogP contribution in [-0.2, 0) is 4.79 Å². The maximum absolute atomic E-state index is 12.2. The number of hydrogen-bond donors (Lipinski definition) is 0. The Labute approximate surface area is 113 Å². The van der Waals surface area contributed by atoms with Gasteiger partial charge in [0.05, 0.1) is 0 Å². The van der Waals surface area contributed by atoms with Gasteiger partial charge in [-0.1, -0.05) is 46.0 Å². The summed E-state index contributed by atoms with van der Waals surface area (Å²) in [6.45, 7) is 6.50. The molecule has 0 bridgehead atoms. The van der Waals surface area contributed by atoms with E-state index in [1.54, 1.807) is 0 Å². The highest BCUT2D eigenvalue weighted by atomic mass is 16.2. The summed E-state index contributed by atoms with van der Waals surface area (Å²) in [5.74, 6) is 1.06. The first-order chi connectivity index (χ1) is 8.77. The molecule has 0 aromatic carbocycles. The summed E-state index contributed by atoms with van der Waals surface area (Å²) in [4.78, 5) is 14.3. The zero-order valence-corrected chi connectivity index (χ0v) is 12.4. The molecular formula is C16H31NO. The number of nitrogens with zero attached hydrogens (tertiary/aromatic N) is 1. The van der Waals surface area contributed by atoms with Gasteiger partial charge in [0, 0.05) is 19.5 Å². The normalized spacial score (nSPS) is 17.1. The highest BCUT2D eigenvalue weighted by Gasteiger charge is 2.21. The Morgan fingerprint density at radius 3 is 2.22 bits per heavy atom. The lowest BCUT2D eigenvalue weighted by atomic mass is 9.92. The Morgan fingerprint density at radius 2 is 1.61 bits per heavy atom. The summed E-state index contributed by atoms with van der Waals surface area (Å²) in [6, 6.07) is 0. The Balaban J connectivity index is 2.30. The van der Waals surface area contributed by atoms with Gasteiger partial charge in [0.25, 0.3) is 0 Å². The molecule has 0 radical (unpaired) electrons. The number of unbranched alkanes of at least 4 members (excludes halogenated alkanes) is 3. The zero-order chi connectivity index (χ0) is 13.2. The van der Waals surface area contributed by atoms with Gasteiger partial charge in [-0.2, -0.15) is 0 Å². The van der Waals surface area contributed by atoms with Crippen molar-refractivity contribution in [2.75, 3.05) is 13.1 Å². The smallest absolute Gasteiger partial charge is 0.222 e. The third-order valence-electron chi connectivity index (χ3n) is 4.10. The molecule has 1 atom stereocenters. The van der Waals surface area contributed by atoms with Crippen LogP contribution >= 0.6 is 0 Å². The predicted octanol–water partition coefficient (Wildman–Crippen LogP) is 4.39. The third-order valence-corrected chi connectivity index (χ3v) is 4.10. The molecule has 1 aliphatic rings. The first-order valence-corrected chi connectivity index (χ1v) is 8.05. The lowest BCUT2D eigenvalue weighted by molar-refractivity contribution is -0.131. The zero-order valence-electron chi connectivity index (χ0n) is 12.4. The lowest BCUT2D eigenvalue weighted by Crippen LogP contribution is -2.29. The molecule has 0 aromatic heterocycles. The maximum Gasteiger partial charge on any atom is 0.222 e. The van der Waals surface area contributed by atoms with E-state index >= 15 is 0 Å². The molecular weight excluding hydrogens is 222 g/mol. The first-order valence-electron chi connectivity index (χ1n) is 8.05. The van der Waals surface area contributed by atoms with Gasteiger partial charge in [-0.25, -0.2) is 0 Å². The molecule has 1 heterocycles. The van der Waals surface area contributed by atoms with Crippen LogP contribution < -0.4 is 0 Å². The number of carbonyl (C=O) groups is 1. The molecule has 2 nitrogen and oxygen atoms in total. The Hall–Kier alpha value is -0.530. The van der Waals surface area contributed by atoms with Crippen molar-refractivity contribution in [3.05, 3.63) is 0 Å². The molecule has 0 spiro atoms. The van der Waals surface area contributed by atoms with Crippen LogP contribution in [0.25, 0.3) is 0 Å². The van der Waals surface area contributed by atoms with Gasteiger partial charge in [0.1, 0.15) is 0 Å². The van der Waals surface area contributed by atoms with Crippen molar-refractivity contribution >= 4 is 5.91 Å². The second kappa shape index (κ2) is 9.41. The summed E-state index contributed by atoms with van der Waals surface area (Å²) >= 11 is 0. The van der Waals surface area contributed by atoms with Gasteiger partial charge in [-0.3, -0.25) is 4.79 Å². The molecule has 106 valence electrons. The molecule has 0 aliphatic carbocycles. The van der Waals surface area contributed by atoms with Gasteiger partial charge in [-0.15, -0.1) is 0 Å². The number of hydrogen-bond acceptors (Lipinski definition) is 1. The minimum atomic E-state index is 0.421. The highest BCUT2D eigenvalue weighted by Crippen LogP contribution is 2.22. The number of rotatable bonds is 9. The van der Waals surface area contributed by atoms with Crippen molar-refractivity contribution in [1.82, 2.24) is 4.90 Å². The molecule has 1 aliphatic heterocycles. The van der Waals surface area contributed by atoms with Crippen LogP contribution in [0.15, 0.2) is 0 Å². The highest BCUT2D eigenvalue weighted by molar-refractivity contribution is 5.76. The molecule has 1 amide bonds. The van der Waals surface area contributed by atoms with E-state index in [4.69, 9.17) is 0 Å². The summed E-state index contributed by atoms with van der Waals surface area (Å²) in [7, 11) is 0. The predicted molar refractivity (Wildman–Crippen MR) is 77.6 cm³/mol. The third kappa shape index (κ3) is 5.88. The van der Waals surface area contributed by atoms with Crippen molar-refractivity contribution in [2.24, 2.45) is 5.92 Å².